The number of carbonyl (C=O) groups excluding carboxylic acids is 2. The van der Waals surface area contributed by atoms with Crippen LogP contribution in [-0.2, 0) is 22.4 Å². The van der Waals surface area contributed by atoms with Crippen molar-refractivity contribution < 1.29 is 14.7 Å². The number of piperazine rings is 1. The van der Waals surface area contributed by atoms with Crippen molar-refractivity contribution in [3.63, 3.8) is 0 Å². The molecule has 1 aliphatic rings. The molecule has 0 spiro atoms. The van der Waals surface area contributed by atoms with E-state index < -0.39 is 22.4 Å². The van der Waals surface area contributed by atoms with Gasteiger partial charge in [-0.15, -0.1) is 11.8 Å². The second kappa shape index (κ2) is 6.90. The first-order chi connectivity index (χ1) is 12.0. The summed E-state index contributed by atoms with van der Waals surface area (Å²) in [6.07, 6.45) is 2.12. The number of amides is 2. The Bertz CT molecular complexity index is 769. The Kier molecular flexibility index (Phi) is 4.83. The minimum absolute atomic E-state index is 0.0151. The second-order valence-corrected chi connectivity index (χ2v) is 7.23. The molecule has 3 rings (SSSR count). The lowest BCUT2D eigenvalue weighted by atomic mass is 9.95. The Morgan fingerprint density at radius 1 is 0.840 bits per heavy atom. The third-order valence-electron chi connectivity index (χ3n) is 4.33. The zero-order valence-corrected chi connectivity index (χ0v) is 14.7. The Labute approximate surface area is 150 Å². The van der Waals surface area contributed by atoms with Crippen LogP contribution < -0.4 is 10.6 Å². The average molecular weight is 356 g/mol. The van der Waals surface area contributed by atoms with Crippen LogP contribution in [0.4, 0.5) is 0 Å². The van der Waals surface area contributed by atoms with E-state index in [2.05, 4.69) is 10.6 Å². The quantitative estimate of drug-likeness (QED) is 0.758. The summed E-state index contributed by atoms with van der Waals surface area (Å²) in [6, 6.07) is 18.6. The smallest absolute Gasteiger partial charge is 0.275 e. The van der Waals surface area contributed by atoms with E-state index >= 15 is 0 Å². The van der Waals surface area contributed by atoms with E-state index in [9.17, 15) is 14.7 Å². The molecule has 2 amide bonds. The molecule has 2 aromatic carbocycles. The highest BCUT2D eigenvalue weighted by molar-refractivity contribution is 8.00. The number of rotatable bonds is 5. The molecule has 1 heterocycles. The van der Waals surface area contributed by atoms with E-state index in [1.54, 1.807) is 18.4 Å². The summed E-state index contributed by atoms with van der Waals surface area (Å²) in [6.45, 7) is 0. The van der Waals surface area contributed by atoms with Crippen molar-refractivity contribution in [2.75, 3.05) is 6.26 Å². The highest BCUT2D eigenvalue weighted by Crippen LogP contribution is 2.30. The minimum Gasteiger partial charge on any atom is -0.363 e. The average Bonchev–Trinajstić information content (AvgIpc) is 2.61. The second-order valence-electron chi connectivity index (χ2n) is 6.12. The topological polar surface area (TPSA) is 78.4 Å². The van der Waals surface area contributed by atoms with Gasteiger partial charge in [-0.05, 0) is 17.4 Å². The van der Waals surface area contributed by atoms with Crippen LogP contribution in [0.3, 0.4) is 0 Å². The first-order valence-corrected chi connectivity index (χ1v) is 9.20. The van der Waals surface area contributed by atoms with E-state index in [0.717, 1.165) is 11.1 Å². The SMILES string of the molecule is CS[C@@]1(Cc2ccccc2)NC(=O)[C@](O)(Cc2ccccc2)NC1=O. The number of aliphatic hydroxyl groups is 1. The highest BCUT2D eigenvalue weighted by Gasteiger charge is 2.52. The van der Waals surface area contributed by atoms with Gasteiger partial charge in [-0.3, -0.25) is 9.59 Å². The van der Waals surface area contributed by atoms with Gasteiger partial charge >= 0.3 is 0 Å². The van der Waals surface area contributed by atoms with Crippen LogP contribution in [0.5, 0.6) is 0 Å². The van der Waals surface area contributed by atoms with Crippen molar-refractivity contribution in [2.45, 2.75) is 23.4 Å². The van der Waals surface area contributed by atoms with E-state index in [1.165, 1.54) is 11.8 Å². The van der Waals surface area contributed by atoms with Gasteiger partial charge in [0.25, 0.3) is 11.8 Å². The lowest BCUT2D eigenvalue weighted by molar-refractivity contribution is -0.158. The molecule has 5 nitrogen and oxygen atoms in total. The monoisotopic (exact) mass is 356 g/mol. The molecule has 0 bridgehead atoms. The largest absolute Gasteiger partial charge is 0.363 e. The summed E-state index contributed by atoms with van der Waals surface area (Å²) < 4.78 is 0. The predicted octanol–water partition coefficient (Wildman–Crippen LogP) is 1.47. The summed E-state index contributed by atoms with van der Waals surface area (Å²) in [5.74, 6) is -0.997. The minimum atomic E-state index is -1.95. The number of benzene rings is 2. The molecule has 3 N–H and O–H groups in total. The van der Waals surface area contributed by atoms with Crippen molar-refractivity contribution in [3.8, 4) is 0 Å². The van der Waals surface area contributed by atoms with Crippen LogP contribution in [0.15, 0.2) is 60.7 Å². The molecule has 0 radical (unpaired) electrons. The lowest BCUT2D eigenvalue weighted by Gasteiger charge is -2.42. The maximum atomic E-state index is 12.8. The molecule has 0 aromatic heterocycles. The van der Waals surface area contributed by atoms with Crippen molar-refractivity contribution >= 4 is 23.6 Å². The van der Waals surface area contributed by atoms with E-state index in [-0.39, 0.29) is 6.42 Å². The van der Waals surface area contributed by atoms with Gasteiger partial charge in [0.05, 0.1) is 0 Å². The molecule has 2 atom stereocenters. The van der Waals surface area contributed by atoms with Crippen LogP contribution in [0.2, 0.25) is 0 Å². The molecular formula is C19H20N2O3S. The van der Waals surface area contributed by atoms with E-state index in [0.29, 0.717) is 6.42 Å². The van der Waals surface area contributed by atoms with Crippen molar-refractivity contribution in [1.82, 2.24) is 10.6 Å². The normalized spacial score (nSPS) is 26.0. The van der Waals surface area contributed by atoms with Crippen LogP contribution in [0.25, 0.3) is 0 Å². The summed E-state index contributed by atoms with van der Waals surface area (Å²) in [4.78, 5) is 24.3. The maximum absolute atomic E-state index is 12.8. The molecule has 1 saturated heterocycles. The standard InChI is InChI=1S/C19H20N2O3S/c1-25-19(13-15-10-6-3-7-11-15)17(23)20-18(24,16(22)21-19)12-14-8-4-2-5-9-14/h2-11,24H,12-13H2,1H3,(H,20,23)(H,21,22)/t18-,19-/m1/s1. The number of nitrogens with one attached hydrogen (secondary N) is 2. The molecule has 25 heavy (non-hydrogen) atoms. The van der Waals surface area contributed by atoms with Gasteiger partial charge < -0.3 is 15.7 Å². The van der Waals surface area contributed by atoms with Gasteiger partial charge in [0, 0.05) is 12.8 Å². The van der Waals surface area contributed by atoms with Crippen molar-refractivity contribution in [3.05, 3.63) is 71.8 Å². The molecule has 0 unspecified atom stereocenters. The fourth-order valence-electron chi connectivity index (χ4n) is 2.93. The number of thioether (sulfide) groups is 1. The van der Waals surface area contributed by atoms with Gasteiger partial charge in [-0.25, -0.2) is 0 Å². The highest BCUT2D eigenvalue weighted by atomic mass is 32.2. The Hall–Kier alpha value is -2.31. The first kappa shape index (κ1) is 17.5. The van der Waals surface area contributed by atoms with E-state index in [4.69, 9.17) is 0 Å². The molecule has 6 heteroatoms. The maximum Gasteiger partial charge on any atom is 0.275 e. The van der Waals surface area contributed by atoms with Crippen LogP contribution in [0, 0.1) is 0 Å². The van der Waals surface area contributed by atoms with Gasteiger partial charge in [0.15, 0.2) is 4.87 Å². The van der Waals surface area contributed by atoms with Crippen LogP contribution in [-0.4, -0.2) is 33.8 Å². The first-order valence-electron chi connectivity index (χ1n) is 7.98. The fourth-order valence-corrected chi connectivity index (χ4v) is 3.67. The molecule has 0 aliphatic carbocycles. The molecule has 1 aliphatic heterocycles. The lowest BCUT2D eigenvalue weighted by Crippen LogP contribution is -2.75. The van der Waals surface area contributed by atoms with Gasteiger partial charge in [0.2, 0.25) is 5.72 Å². The predicted molar refractivity (Wildman–Crippen MR) is 97.8 cm³/mol. The summed E-state index contributed by atoms with van der Waals surface area (Å²) in [5, 5.41) is 16.0. The molecule has 130 valence electrons. The zero-order valence-electron chi connectivity index (χ0n) is 13.9. The van der Waals surface area contributed by atoms with Gasteiger partial charge in [0.1, 0.15) is 0 Å². The Morgan fingerprint density at radius 3 is 1.88 bits per heavy atom. The van der Waals surface area contributed by atoms with Gasteiger partial charge in [-0.2, -0.15) is 0 Å². The summed E-state index contributed by atoms with van der Waals surface area (Å²) in [5.41, 5.74) is -0.255. The molecule has 1 fully saturated rings. The zero-order chi connectivity index (χ0) is 17.9. The Balaban J connectivity index is 1.83. The third kappa shape index (κ3) is 3.55. The third-order valence-corrected chi connectivity index (χ3v) is 5.45. The van der Waals surface area contributed by atoms with Crippen LogP contribution >= 0.6 is 11.8 Å². The molecular weight excluding hydrogens is 336 g/mol. The fraction of sp³-hybridized carbons (Fsp3) is 0.263. The van der Waals surface area contributed by atoms with Crippen LogP contribution in [0.1, 0.15) is 11.1 Å². The number of hydrogen-bond donors (Lipinski definition) is 3. The van der Waals surface area contributed by atoms with Gasteiger partial charge in [-0.1, -0.05) is 60.7 Å². The number of carbonyl (C=O) groups is 2. The summed E-state index contributed by atoms with van der Waals surface area (Å²) in [7, 11) is 0. The van der Waals surface area contributed by atoms with Crippen molar-refractivity contribution in [2.24, 2.45) is 0 Å². The van der Waals surface area contributed by atoms with E-state index in [1.807, 2.05) is 48.5 Å². The molecule has 2 aromatic rings. The summed E-state index contributed by atoms with van der Waals surface area (Å²) >= 11 is 1.25. The Morgan fingerprint density at radius 2 is 1.36 bits per heavy atom. The number of hydrogen-bond acceptors (Lipinski definition) is 4. The molecule has 0 saturated carbocycles. The van der Waals surface area contributed by atoms with Crippen molar-refractivity contribution in [1.29, 1.82) is 0 Å².